The Kier molecular flexibility index (Phi) is 6.40. The summed E-state index contributed by atoms with van der Waals surface area (Å²) in [5, 5.41) is 0. The van der Waals surface area contributed by atoms with Crippen LogP contribution in [-0.4, -0.2) is 20.1 Å². The maximum atomic E-state index is 12.8. The molecular formula is C22H23O3P. The number of hydrogen-bond donors (Lipinski definition) is 0. The van der Waals surface area contributed by atoms with Crippen LogP contribution in [0.2, 0.25) is 0 Å². The molecule has 0 bridgehead atoms. The molecule has 0 aliphatic carbocycles. The predicted molar refractivity (Wildman–Crippen MR) is 106 cm³/mol. The minimum Gasteiger partial charge on any atom is -0.358 e. The van der Waals surface area contributed by atoms with E-state index in [-0.39, 0.29) is 6.79 Å². The van der Waals surface area contributed by atoms with Crippen LogP contribution in [0.4, 0.5) is 0 Å². The SMILES string of the molecule is COCO[PH](=O)CC(c1ccccc1)(c1ccccc1)c1ccccc1. The van der Waals surface area contributed by atoms with E-state index in [2.05, 4.69) is 36.4 Å². The van der Waals surface area contributed by atoms with Gasteiger partial charge >= 0.3 is 0 Å². The third kappa shape index (κ3) is 3.96. The highest BCUT2D eigenvalue weighted by molar-refractivity contribution is 7.39. The van der Waals surface area contributed by atoms with Crippen LogP contribution >= 0.6 is 8.03 Å². The average molecular weight is 366 g/mol. The molecule has 0 N–H and O–H groups in total. The Morgan fingerprint density at radius 2 is 1.12 bits per heavy atom. The van der Waals surface area contributed by atoms with Crippen molar-refractivity contribution in [2.45, 2.75) is 5.41 Å². The van der Waals surface area contributed by atoms with Crippen LogP contribution in [-0.2, 0) is 19.2 Å². The van der Waals surface area contributed by atoms with Crippen molar-refractivity contribution in [2.75, 3.05) is 20.1 Å². The van der Waals surface area contributed by atoms with Crippen molar-refractivity contribution >= 4 is 8.03 Å². The van der Waals surface area contributed by atoms with Gasteiger partial charge in [-0.3, -0.25) is 4.57 Å². The van der Waals surface area contributed by atoms with Crippen molar-refractivity contribution in [1.82, 2.24) is 0 Å². The van der Waals surface area contributed by atoms with Gasteiger partial charge in [0, 0.05) is 13.3 Å². The van der Waals surface area contributed by atoms with Gasteiger partial charge in [-0.25, -0.2) is 0 Å². The first-order chi connectivity index (χ1) is 12.8. The lowest BCUT2D eigenvalue weighted by Crippen LogP contribution is -2.32. The topological polar surface area (TPSA) is 35.5 Å². The Bertz CT molecular complexity index is 723. The summed E-state index contributed by atoms with van der Waals surface area (Å²) in [7, 11) is -0.789. The van der Waals surface area contributed by atoms with Gasteiger partial charge in [-0.15, -0.1) is 0 Å². The van der Waals surface area contributed by atoms with Crippen LogP contribution < -0.4 is 0 Å². The molecule has 3 aromatic carbocycles. The van der Waals surface area contributed by atoms with E-state index < -0.39 is 13.4 Å². The lowest BCUT2D eigenvalue weighted by molar-refractivity contribution is 0.0570. The zero-order valence-electron chi connectivity index (χ0n) is 14.8. The van der Waals surface area contributed by atoms with Crippen LogP contribution in [0.1, 0.15) is 16.7 Å². The Balaban J connectivity index is 2.19. The second-order valence-corrected chi connectivity index (χ2v) is 7.49. The van der Waals surface area contributed by atoms with Gasteiger partial charge in [0.05, 0.1) is 5.41 Å². The normalized spacial score (nSPS) is 12.7. The van der Waals surface area contributed by atoms with Crippen LogP contribution in [0.25, 0.3) is 0 Å². The fraction of sp³-hybridized carbons (Fsp3) is 0.182. The molecule has 3 nitrogen and oxygen atoms in total. The molecule has 3 rings (SSSR count). The summed E-state index contributed by atoms with van der Waals surface area (Å²) in [4.78, 5) is 0. The summed E-state index contributed by atoms with van der Waals surface area (Å²) < 4.78 is 23.2. The van der Waals surface area contributed by atoms with Crippen molar-refractivity contribution in [1.29, 1.82) is 0 Å². The third-order valence-corrected chi connectivity index (χ3v) is 5.81. The maximum Gasteiger partial charge on any atom is 0.195 e. The smallest absolute Gasteiger partial charge is 0.195 e. The Labute approximate surface area is 155 Å². The van der Waals surface area contributed by atoms with Gasteiger partial charge < -0.3 is 9.26 Å². The Hall–Kier alpha value is -2.19. The first-order valence-electron chi connectivity index (χ1n) is 8.58. The molecule has 26 heavy (non-hydrogen) atoms. The van der Waals surface area contributed by atoms with Crippen LogP contribution in [0.5, 0.6) is 0 Å². The van der Waals surface area contributed by atoms with Crippen molar-refractivity contribution in [2.24, 2.45) is 0 Å². The highest BCUT2D eigenvalue weighted by atomic mass is 31.1. The van der Waals surface area contributed by atoms with Gasteiger partial charge in [0.1, 0.15) is 0 Å². The van der Waals surface area contributed by atoms with E-state index in [1.807, 2.05) is 54.6 Å². The lowest BCUT2D eigenvalue weighted by atomic mass is 9.71. The molecule has 134 valence electrons. The Morgan fingerprint density at radius 3 is 1.46 bits per heavy atom. The van der Waals surface area contributed by atoms with Crippen LogP contribution in [0.3, 0.4) is 0 Å². The molecule has 0 aliphatic heterocycles. The number of ether oxygens (including phenoxy) is 1. The highest BCUT2D eigenvalue weighted by Crippen LogP contribution is 2.45. The summed E-state index contributed by atoms with van der Waals surface area (Å²) in [6.45, 7) is 0.0340. The molecule has 0 aromatic heterocycles. The van der Waals surface area contributed by atoms with Gasteiger partial charge in [-0.2, -0.15) is 0 Å². The second-order valence-electron chi connectivity index (χ2n) is 6.10. The quantitative estimate of drug-likeness (QED) is 0.315. The van der Waals surface area contributed by atoms with Gasteiger partial charge in [0.15, 0.2) is 14.8 Å². The monoisotopic (exact) mass is 366 g/mol. The summed E-state index contributed by atoms with van der Waals surface area (Å²) >= 11 is 0. The summed E-state index contributed by atoms with van der Waals surface area (Å²) in [6.07, 6.45) is 0.374. The van der Waals surface area contributed by atoms with Gasteiger partial charge in [0.2, 0.25) is 0 Å². The molecule has 3 aromatic rings. The largest absolute Gasteiger partial charge is 0.358 e. The van der Waals surface area contributed by atoms with E-state index in [0.29, 0.717) is 6.16 Å². The average Bonchev–Trinajstić information content (AvgIpc) is 2.72. The fourth-order valence-corrected chi connectivity index (χ4v) is 4.76. The number of methoxy groups -OCH3 is 1. The van der Waals surface area contributed by atoms with Crippen LogP contribution in [0.15, 0.2) is 91.0 Å². The number of benzene rings is 3. The third-order valence-electron chi connectivity index (χ3n) is 4.55. The minimum atomic E-state index is -2.32. The first-order valence-corrected chi connectivity index (χ1v) is 10.1. The van der Waals surface area contributed by atoms with E-state index in [4.69, 9.17) is 9.26 Å². The van der Waals surface area contributed by atoms with Crippen molar-refractivity contribution in [3.8, 4) is 0 Å². The van der Waals surface area contributed by atoms with Crippen molar-refractivity contribution in [3.63, 3.8) is 0 Å². The molecule has 0 saturated carbocycles. The Morgan fingerprint density at radius 1 is 0.731 bits per heavy atom. The van der Waals surface area contributed by atoms with Crippen molar-refractivity contribution < 1.29 is 13.8 Å². The predicted octanol–water partition coefficient (Wildman–Crippen LogP) is 5.12. The number of rotatable bonds is 8. The lowest BCUT2D eigenvalue weighted by Gasteiger charge is -2.35. The van der Waals surface area contributed by atoms with E-state index in [9.17, 15) is 4.57 Å². The molecule has 0 saturated heterocycles. The zero-order chi connectivity index (χ0) is 18.2. The molecule has 0 amide bonds. The molecule has 0 aliphatic rings. The van der Waals surface area contributed by atoms with Gasteiger partial charge in [-0.05, 0) is 16.7 Å². The molecule has 1 atom stereocenters. The fourth-order valence-electron chi connectivity index (χ4n) is 3.37. The van der Waals surface area contributed by atoms with E-state index in [1.54, 1.807) is 0 Å². The molecule has 4 heteroatoms. The summed E-state index contributed by atoms with van der Waals surface area (Å²) in [5.74, 6) is 0. The van der Waals surface area contributed by atoms with E-state index >= 15 is 0 Å². The molecule has 0 spiro atoms. The molecule has 0 heterocycles. The summed E-state index contributed by atoms with van der Waals surface area (Å²) in [5.41, 5.74) is 2.73. The van der Waals surface area contributed by atoms with E-state index in [0.717, 1.165) is 16.7 Å². The second kappa shape index (κ2) is 8.95. The minimum absolute atomic E-state index is 0.0340. The van der Waals surface area contributed by atoms with Crippen LogP contribution in [0, 0.1) is 0 Å². The summed E-state index contributed by atoms with van der Waals surface area (Å²) in [6, 6.07) is 30.6. The maximum absolute atomic E-state index is 12.8. The van der Waals surface area contributed by atoms with Gasteiger partial charge in [-0.1, -0.05) is 91.0 Å². The number of hydrogen-bond acceptors (Lipinski definition) is 3. The van der Waals surface area contributed by atoms with E-state index in [1.165, 1.54) is 7.11 Å². The molecular weight excluding hydrogens is 343 g/mol. The molecule has 1 unspecified atom stereocenters. The van der Waals surface area contributed by atoms with Crippen molar-refractivity contribution in [3.05, 3.63) is 108 Å². The first kappa shape index (κ1) is 18.6. The highest BCUT2D eigenvalue weighted by Gasteiger charge is 2.38. The molecule has 0 radical (unpaired) electrons. The molecule has 0 fully saturated rings. The zero-order valence-corrected chi connectivity index (χ0v) is 15.8. The standard InChI is InChI=1S/C22H23O3P/c1-24-18-25-26(23)17-22(19-11-5-2-6-12-19,20-13-7-3-8-14-20)21-15-9-4-10-16-21/h2-16,26H,17-18H2,1H3. The van der Waals surface area contributed by atoms with Gasteiger partial charge in [0.25, 0.3) is 0 Å².